The minimum atomic E-state index is -3.70. The summed E-state index contributed by atoms with van der Waals surface area (Å²) in [7, 11) is -3.70. The average molecular weight is 485 g/mol. The van der Waals surface area contributed by atoms with E-state index < -0.39 is 10.0 Å². The lowest BCUT2D eigenvalue weighted by Crippen LogP contribution is -2.25. The van der Waals surface area contributed by atoms with Crippen LogP contribution in [0.25, 0.3) is 11.1 Å². The summed E-state index contributed by atoms with van der Waals surface area (Å²) in [5.74, 6) is 1.93. The molecular formula is C27H24N4O3S. The molecule has 7 nitrogen and oxygen atoms in total. The Morgan fingerprint density at radius 1 is 0.971 bits per heavy atom. The predicted molar refractivity (Wildman–Crippen MR) is 135 cm³/mol. The number of nitrogens with one attached hydrogen (secondary N) is 2. The lowest BCUT2D eigenvalue weighted by atomic mass is 9.98. The zero-order valence-corrected chi connectivity index (χ0v) is 19.7. The van der Waals surface area contributed by atoms with Gasteiger partial charge in [0, 0.05) is 24.5 Å². The van der Waals surface area contributed by atoms with Crippen LogP contribution in [0.3, 0.4) is 0 Å². The highest BCUT2D eigenvalue weighted by Gasteiger charge is 2.14. The highest BCUT2D eigenvalue weighted by molar-refractivity contribution is 7.89. The van der Waals surface area contributed by atoms with Crippen molar-refractivity contribution in [1.29, 1.82) is 0 Å². The molecule has 0 saturated heterocycles. The topological polar surface area (TPSA) is 93.1 Å². The van der Waals surface area contributed by atoms with Crippen molar-refractivity contribution in [2.45, 2.75) is 18.0 Å². The van der Waals surface area contributed by atoms with E-state index in [0.717, 1.165) is 22.3 Å². The third kappa shape index (κ3) is 6.03. The molecule has 0 fully saturated rings. The van der Waals surface area contributed by atoms with Gasteiger partial charge in [-0.15, -0.1) is 6.42 Å². The maximum absolute atomic E-state index is 12.7. The molecule has 0 aliphatic carbocycles. The molecule has 0 spiro atoms. The van der Waals surface area contributed by atoms with E-state index in [9.17, 15) is 13.2 Å². The largest absolute Gasteiger partial charge is 0.348 e. The van der Waals surface area contributed by atoms with E-state index >= 15 is 0 Å². The van der Waals surface area contributed by atoms with Crippen molar-refractivity contribution < 1.29 is 13.2 Å². The summed E-state index contributed by atoms with van der Waals surface area (Å²) < 4.78 is 28.4. The van der Waals surface area contributed by atoms with Gasteiger partial charge in [-0.05, 0) is 52.6 Å². The second-order valence-corrected chi connectivity index (χ2v) is 9.56. The second-order valence-electron chi connectivity index (χ2n) is 7.79. The molecule has 4 rings (SSSR count). The maximum Gasteiger partial charge on any atom is 0.251 e. The Morgan fingerprint density at radius 3 is 2.40 bits per heavy atom. The zero-order valence-electron chi connectivity index (χ0n) is 18.9. The van der Waals surface area contributed by atoms with Gasteiger partial charge in [-0.1, -0.05) is 54.5 Å². The Labute approximate surface area is 204 Å². The molecule has 4 aromatic rings. The molecule has 0 radical (unpaired) electrons. The number of benzene rings is 3. The molecule has 0 bridgehead atoms. The summed E-state index contributed by atoms with van der Waals surface area (Å²) in [4.78, 5) is 12.7. The molecule has 1 heterocycles. The van der Waals surface area contributed by atoms with Gasteiger partial charge in [-0.2, -0.15) is 9.82 Å². The number of terminal acetylenes is 1. The summed E-state index contributed by atoms with van der Waals surface area (Å²) in [5, 5.41) is 7.15. The SMILES string of the molecule is C#CCNS(=O)(=O)c1ccc(C(=O)NCc2ccccc2-c2ccc(Cn3cccn3)cc2)cc1. The average Bonchev–Trinajstić information content (AvgIpc) is 3.40. The van der Waals surface area contributed by atoms with Crippen molar-refractivity contribution in [3.05, 3.63) is 108 Å². The lowest BCUT2D eigenvalue weighted by Gasteiger charge is -2.12. The van der Waals surface area contributed by atoms with E-state index in [0.29, 0.717) is 18.7 Å². The molecule has 1 amide bonds. The number of sulfonamides is 1. The van der Waals surface area contributed by atoms with Crippen LogP contribution in [0.4, 0.5) is 0 Å². The minimum absolute atomic E-state index is 0.0469. The normalized spacial score (nSPS) is 11.1. The van der Waals surface area contributed by atoms with E-state index in [1.165, 1.54) is 24.3 Å². The summed E-state index contributed by atoms with van der Waals surface area (Å²) in [6, 6.07) is 23.8. The quantitative estimate of drug-likeness (QED) is 0.356. The first kappa shape index (κ1) is 24.0. The molecule has 176 valence electrons. The molecule has 1 aromatic heterocycles. The highest BCUT2D eigenvalue weighted by atomic mass is 32.2. The summed E-state index contributed by atoms with van der Waals surface area (Å²) in [6.45, 7) is 0.927. The van der Waals surface area contributed by atoms with Gasteiger partial charge in [-0.3, -0.25) is 9.48 Å². The van der Waals surface area contributed by atoms with Crippen molar-refractivity contribution in [2.75, 3.05) is 6.54 Å². The van der Waals surface area contributed by atoms with Crippen LogP contribution in [0.2, 0.25) is 0 Å². The molecule has 8 heteroatoms. The molecule has 0 aliphatic rings. The Morgan fingerprint density at radius 2 is 1.71 bits per heavy atom. The Hall–Kier alpha value is -4.19. The molecule has 0 unspecified atom stereocenters. The fraction of sp³-hybridized carbons (Fsp3) is 0.111. The number of hydrogen-bond acceptors (Lipinski definition) is 4. The van der Waals surface area contributed by atoms with Gasteiger partial charge in [0.25, 0.3) is 5.91 Å². The Kier molecular flexibility index (Phi) is 7.41. The number of carbonyl (C=O) groups is 1. The van der Waals surface area contributed by atoms with E-state index in [2.05, 4.69) is 45.3 Å². The van der Waals surface area contributed by atoms with Gasteiger partial charge in [-0.25, -0.2) is 8.42 Å². The molecule has 0 saturated carbocycles. The Balaban J connectivity index is 1.43. The fourth-order valence-electron chi connectivity index (χ4n) is 3.61. The third-order valence-corrected chi connectivity index (χ3v) is 6.83. The van der Waals surface area contributed by atoms with Crippen LogP contribution in [0.15, 0.2) is 96.2 Å². The first-order valence-electron chi connectivity index (χ1n) is 10.9. The first-order valence-corrected chi connectivity index (χ1v) is 12.4. The Bertz CT molecular complexity index is 1440. The van der Waals surface area contributed by atoms with Crippen LogP contribution in [0.1, 0.15) is 21.5 Å². The molecule has 3 aromatic carbocycles. The van der Waals surface area contributed by atoms with Crippen molar-refractivity contribution in [3.63, 3.8) is 0 Å². The lowest BCUT2D eigenvalue weighted by molar-refractivity contribution is 0.0951. The molecule has 0 aliphatic heterocycles. The van der Waals surface area contributed by atoms with E-state index in [1.807, 2.05) is 41.2 Å². The maximum atomic E-state index is 12.7. The van der Waals surface area contributed by atoms with Gasteiger partial charge < -0.3 is 5.32 Å². The molecular weight excluding hydrogens is 460 g/mol. The number of carbonyl (C=O) groups excluding carboxylic acids is 1. The van der Waals surface area contributed by atoms with Crippen molar-refractivity contribution in [3.8, 4) is 23.5 Å². The smallest absolute Gasteiger partial charge is 0.251 e. The second kappa shape index (κ2) is 10.8. The van der Waals surface area contributed by atoms with Crippen LogP contribution >= 0.6 is 0 Å². The summed E-state index contributed by atoms with van der Waals surface area (Å²) in [6.07, 6.45) is 8.79. The van der Waals surface area contributed by atoms with Crippen LogP contribution in [0, 0.1) is 12.3 Å². The van der Waals surface area contributed by atoms with Gasteiger partial charge >= 0.3 is 0 Å². The van der Waals surface area contributed by atoms with Crippen LogP contribution in [-0.2, 0) is 23.1 Å². The summed E-state index contributed by atoms with van der Waals surface area (Å²) in [5.41, 5.74) is 4.55. The van der Waals surface area contributed by atoms with E-state index in [1.54, 1.807) is 6.20 Å². The predicted octanol–water partition coefficient (Wildman–Crippen LogP) is 3.44. The van der Waals surface area contributed by atoms with Gasteiger partial charge in [0.05, 0.1) is 18.0 Å². The molecule has 2 N–H and O–H groups in total. The number of rotatable bonds is 9. The number of aromatic nitrogens is 2. The first-order chi connectivity index (χ1) is 17.0. The van der Waals surface area contributed by atoms with Crippen LogP contribution in [-0.4, -0.2) is 30.7 Å². The zero-order chi connectivity index (χ0) is 24.7. The van der Waals surface area contributed by atoms with Gasteiger partial charge in [0.2, 0.25) is 10.0 Å². The van der Waals surface area contributed by atoms with Crippen LogP contribution in [0.5, 0.6) is 0 Å². The van der Waals surface area contributed by atoms with Crippen molar-refractivity contribution in [1.82, 2.24) is 19.8 Å². The third-order valence-electron chi connectivity index (χ3n) is 5.42. The number of hydrogen-bond donors (Lipinski definition) is 2. The summed E-state index contributed by atoms with van der Waals surface area (Å²) >= 11 is 0. The number of nitrogens with zero attached hydrogens (tertiary/aromatic N) is 2. The molecule has 0 atom stereocenters. The number of amides is 1. The van der Waals surface area contributed by atoms with Crippen LogP contribution < -0.4 is 10.0 Å². The standard InChI is InChI=1S/C27H24N4O3S/c1-2-16-30-35(33,34)25-14-12-23(13-15-25)27(32)28-19-24-6-3-4-7-26(24)22-10-8-21(9-11-22)20-31-18-5-17-29-31/h1,3-15,17-18,30H,16,19-20H2,(H,28,32). The monoisotopic (exact) mass is 484 g/mol. The van der Waals surface area contributed by atoms with Crippen molar-refractivity contribution >= 4 is 15.9 Å². The van der Waals surface area contributed by atoms with Gasteiger partial charge in [0.1, 0.15) is 0 Å². The van der Waals surface area contributed by atoms with Gasteiger partial charge in [0.15, 0.2) is 0 Å². The highest BCUT2D eigenvalue weighted by Crippen LogP contribution is 2.24. The molecule has 35 heavy (non-hydrogen) atoms. The van der Waals surface area contributed by atoms with E-state index in [4.69, 9.17) is 6.42 Å². The van der Waals surface area contributed by atoms with Crippen molar-refractivity contribution in [2.24, 2.45) is 0 Å². The van der Waals surface area contributed by atoms with E-state index in [-0.39, 0.29) is 17.3 Å². The minimum Gasteiger partial charge on any atom is -0.348 e. The fourth-order valence-corrected chi connectivity index (χ4v) is 4.54.